The zero-order valence-corrected chi connectivity index (χ0v) is 18.3. The van der Waals surface area contributed by atoms with Gasteiger partial charge < -0.3 is 14.6 Å². The average molecular weight is 680 g/mol. The van der Waals surface area contributed by atoms with Crippen LogP contribution < -0.4 is 0 Å². The molecule has 1 N–H and O–H groups in total. The average Bonchev–Trinajstić information content (AvgIpc) is 2.49. The molecule has 132 valence electrons. The monoisotopic (exact) mass is 680 g/mol. The Bertz CT molecular complexity index is 680. The van der Waals surface area contributed by atoms with E-state index in [4.69, 9.17) is 5.11 Å². The van der Waals surface area contributed by atoms with E-state index in [1.165, 1.54) is 6.07 Å². The number of alkyl halides is 2. The second-order valence-corrected chi connectivity index (χ2v) is 7.84. The molecule has 0 aliphatic rings. The minimum atomic E-state index is -4.44. The van der Waals surface area contributed by atoms with E-state index in [2.05, 4.69) is 9.47 Å². The van der Waals surface area contributed by atoms with Crippen LogP contribution in [0, 0.1) is 10.7 Å². The summed E-state index contributed by atoms with van der Waals surface area (Å²) in [5.41, 5.74) is 0.00274. The summed E-state index contributed by atoms with van der Waals surface area (Å²) in [5, 5.41) is 8.63. The van der Waals surface area contributed by atoms with Crippen molar-refractivity contribution >= 4 is 85.7 Å². The van der Waals surface area contributed by atoms with Gasteiger partial charge in [-0.2, -0.15) is 8.78 Å². The number of carboxylic acid groups (broad SMARTS) is 1. The van der Waals surface area contributed by atoms with E-state index in [1.807, 2.05) is 67.8 Å². The van der Waals surface area contributed by atoms with Crippen LogP contribution in [0.1, 0.15) is 16.8 Å². The predicted molar refractivity (Wildman–Crippen MR) is 103 cm³/mol. The molecular weight excluding hydrogens is 671 g/mol. The zero-order valence-electron chi connectivity index (χ0n) is 11.8. The molecule has 0 spiro atoms. The maximum Gasteiger partial charge on any atom is 0.379 e. The van der Waals surface area contributed by atoms with Gasteiger partial charge in [0.15, 0.2) is 6.10 Å². The van der Waals surface area contributed by atoms with Gasteiger partial charge in [0.25, 0.3) is 0 Å². The Hall–Kier alpha value is -0.320. The molecule has 1 unspecified atom stereocenters. The van der Waals surface area contributed by atoms with Gasteiger partial charge >= 0.3 is 23.8 Å². The summed E-state index contributed by atoms with van der Waals surface area (Å²) in [6, 6.07) is 3.18. The third-order valence-corrected chi connectivity index (χ3v) is 6.40. The highest BCUT2D eigenvalue weighted by Gasteiger charge is 2.51. The van der Waals surface area contributed by atoms with Crippen molar-refractivity contribution in [2.75, 3.05) is 7.11 Å². The summed E-state index contributed by atoms with van der Waals surface area (Å²) in [5.74, 6) is -9.22. The Kier molecular flexibility index (Phi) is 8.02. The molecule has 1 atom stereocenters. The highest BCUT2D eigenvalue weighted by Crippen LogP contribution is 2.28. The van der Waals surface area contributed by atoms with Crippen LogP contribution in [0.4, 0.5) is 8.78 Å². The number of halogens is 5. The highest BCUT2D eigenvalue weighted by molar-refractivity contribution is 14.1. The van der Waals surface area contributed by atoms with Crippen LogP contribution in [-0.4, -0.2) is 42.2 Å². The molecule has 0 fully saturated rings. The number of benzene rings is 1. The Labute approximate surface area is 176 Å². The number of ether oxygens (including phenoxy) is 2. The molecule has 1 aromatic rings. The van der Waals surface area contributed by atoms with Crippen molar-refractivity contribution in [1.82, 2.24) is 0 Å². The Morgan fingerprint density at radius 2 is 1.83 bits per heavy atom. The summed E-state index contributed by atoms with van der Waals surface area (Å²) in [7, 11) is 0.949. The van der Waals surface area contributed by atoms with Crippen molar-refractivity contribution in [3.8, 4) is 0 Å². The standard InChI is InChI=1S/C13H9F2I3O6/c1-23-9(19)4-8(13(14,15)12(21)22)24-11(20)6-2-5(16)3-7(17)10(6)18/h2-3,8H,4H2,1H3,(H,21,22). The first-order valence-corrected chi connectivity index (χ1v) is 9.27. The van der Waals surface area contributed by atoms with Crippen molar-refractivity contribution in [3.63, 3.8) is 0 Å². The van der Waals surface area contributed by atoms with Crippen molar-refractivity contribution < 1.29 is 37.7 Å². The first-order chi connectivity index (χ1) is 11.0. The Morgan fingerprint density at radius 3 is 2.33 bits per heavy atom. The van der Waals surface area contributed by atoms with Crippen LogP contribution >= 0.6 is 67.8 Å². The van der Waals surface area contributed by atoms with Crippen LogP contribution in [0.3, 0.4) is 0 Å². The first-order valence-electron chi connectivity index (χ1n) is 6.04. The smallest absolute Gasteiger partial charge is 0.379 e. The van der Waals surface area contributed by atoms with E-state index < -0.39 is 36.4 Å². The summed E-state index contributed by atoms with van der Waals surface area (Å²) in [6.07, 6.45) is -3.57. The molecule has 6 nitrogen and oxygen atoms in total. The maximum absolute atomic E-state index is 13.8. The summed E-state index contributed by atoms with van der Waals surface area (Å²) in [6.45, 7) is 0. The van der Waals surface area contributed by atoms with E-state index in [1.54, 1.807) is 6.07 Å². The summed E-state index contributed by atoms with van der Waals surface area (Å²) < 4.78 is 38.2. The van der Waals surface area contributed by atoms with Gasteiger partial charge in [0.1, 0.15) is 0 Å². The number of hydrogen-bond acceptors (Lipinski definition) is 5. The number of carbonyl (C=O) groups excluding carboxylic acids is 2. The second-order valence-electron chi connectivity index (χ2n) is 4.35. The topological polar surface area (TPSA) is 89.9 Å². The Balaban J connectivity index is 3.17. The molecule has 0 heterocycles. The van der Waals surface area contributed by atoms with Crippen LogP contribution in [0.2, 0.25) is 0 Å². The normalized spacial score (nSPS) is 12.4. The van der Waals surface area contributed by atoms with Crippen LogP contribution in [0.25, 0.3) is 0 Å². The minimum absolute atomic E-state index is 0.00274. The van der Waals surface area contributed by atoms with Gasteiger partial charge in [0, 0.05) is 10.7 Å². The van der Waals surface area contributed by atoms with Gasteiger partial charge in [0.2, 0.25) is 0 Å². The van der Waals surface area contributed by atoms with E-state index in [0.717, 1.165) is 7.11 Å². The van der Waals surface area contributed by atoms with Gasteiger partial charge in [0.05, 0.1) is 19.1 Å². The predicted octanol–water partition coefficient (Wildman–Crippen LogP) is 3.31. The SMILES string of the molecule is COC(=O)CC(OC(=O)c1cc(I)cc(I)c1I)C(F)(F)C(=O)O. The fourth-order valence-electron chi connectivity index (χ4n) is 1.51. The van der Waals surface area contributed by atoms with Crippen LogP contribution in [0.5, 0.6) is 0 Å². The van der Waals surface area contributed by atoms with Gasteiger partial charge in [-0.3, -0.25) is 4.79 Å². The molecule has 0 aliphatic carbocycles. The second kappa shape index (κ2) is 8.86. The molecule has 24 heavy (non-hydrogen) atoms. The summed E-state index contributed by atoms with van der Waals surface area (Å²) >= 11 is 5.74. The first kappa shape index (κ1) is 21.7. The van der Waals surface area contributed by atoms with E-state index in [-0.39, 0.29) is 5.56 Å². The summed E-state index contributed by atoms with van der Waals surface area (Å²) in [4.78, 5) is 34.2. The molecule has 1 aromatic carbocycles. The van der Waals surface area contributed by atoms with Crippen molar-refractivity contribution in [2.45, 2.75) is 18.4 Å². The van der Waals surface area contributed by atoms with E-state index in [0.29, 0.717) is 10.7 Å². The molecule has 0 aromatic heterocycles. The molecule has 0 aliphatic heterocycles. The van der Waals surface area contributed by atoms with Crippen molar-refractivity contribution in [3.05, 3.63) is 28.4 Å². The molecule has 0 bridgehead atoms. The van der Waals surface area contributed by atoms with Gasteiger partial charge in [-0.15, -0.1) is 0 Å². The van der Waals surface area contributed by atoms with Crippen LogP contribution in [0.15, 0.2) is 12.1 Å². The number of carboxylic acids is 1. The van der Waals surface area contributed by atoms with Gasteiger partial charge in [-0.05, 0) is 79.9 Å². The number of hydrogen-bond donors (Lipinski definition) is 1. The lowest BCUT2D eigenvalue weighted by Crippen LogP contribution is -2.45. The lowest BCUT2D eigenvalue weighted by atomic mass is 10.1. The van der Waals surface area contributed by atoms with E-state index >= 15 is 0 Å². The quantitative estimate of drug-likeness (QED) is 0.282. The van der Waals surface area contributed by atoms with Crippen molar-refractivity contribution in [1.29, 1.82) is 0 Å². The molecule has 0 radical (unpaired) electrons. The molecule has 0 saturated heterocycles. The molecule has 0 amide bonds. The third-order valence-electron chi connectivity index (χ3n) is 2.73. The van der Waals surface area contributed by atoms with Gasteiger partial charge in [-0.1, -0.05) is 0 Å². The number of rotatable bonds is 6. The fourth-order valence-corrected chi connectivity index (χ4v) is 3.89. The molecule has 11 heteroatoms. The number of esters is 2. The van der Waals surface area contributed by atoms with E-state index in [9.17, 15) is 23.2 Å². The zero-order chi connectivity index (χ0) is 18.7. The highest BCUT2D eigenvalue weighted by atomic mass is 127. The molecular formula is C13H9F2I3O6. The lowest BCUT2D eigenvalue weighted by Gasteiger charge is -2.23. The molecule has 0 saturated carbocycles. The number of aliphatic carboxylic acids is 1. The lowest BCUT2D eigenvalue weighted by molar-refractivity contribution is -0.185. The number of methoxy groups -OCH3 is 1. The minimum Gasteiger partial charge on any atom is -0.477 e. The fraction of sp³-hybridized carbons (Fsp3) is 0.308. The van der Waals surface area contributed by atoms with Crippen LogP contribution in [-0.2, 0) is 19.1 Å². The van der Waals surface area contributed by atoms with Gasteiger partial charge in [-0.25, -0.2) is 9.59 Å². The Morgan fingerprint density at radius 1 is 1.25 bits per heavy atom. The van der Waals surface area contributed by atoms with Crippen molar-refractivity contribution in [2.24, 2.45) is 0 Å². The molecule has 1 rings (SSSR count). The number of carbonyl (C=O) groups is 3. The maximum atomic E-state index is 13.8. The third kappa shape index (κ3) is 5.34. The largest absolute Gasteiger partial charge is 0.477 e.